The molecule has 0 saturated carbocycles. The zero-order chi connectivity index (χ0) is 23.4. The van der Waals surface area contributed by atoms with E-state index in [4.69, 9.17) is 9.84 Å². The highest BCUT2D eigenvalue weighted by molar-refractivity contribution is 14.1. The van der Waals surface area contributed by atoms with Crippen molar-refractivity contribution < 1.29 is 19.4 Å². The van der Waals surface area contributed by atoms with Gasteiger partial charge in [-0.3, -0.25) is 9.69 Å². The number of carboxylic acid groups (broad SMARTS) is 1. The van der Waals surface area contributed by atoms with Crippen LogP contribution in [0.2, 0.25) is 0 Å². The minimum Gasteiger partial charge on any atom is -0.489 e. The maximum atomic E-state index is 12.7. The van der Waals surface area contributed by atoms with E-state index in [2.05, 4.69) is 27.6 Å². The van der Waals surface area contributed by atoms with E-state index >= 15 is 0 Å². The Kier molecular flexibility index (Phi) is 7.14. The van der Waals surface area contributed by atoms with Gasteiger partial charge in [-0.1, -0.05) is 24.3 Å². The summed E-state index contributed by atoms with van der Waals surface area (Å²) >= 11 is 3.55. The number of hydrogen-bond acceptors (Lipinski definition) is 5. The van der Waals surface area contributed by atoms with Crippen LogP contribution in [-0.4, -0.2) is 34.1 Å². The van der Waals surface area contributed by atoms with Crippen LogP contribution in [0.3, 0.4) is 0 Å². The molecule has 0 aromatic heterocycles. The summed E-state index contributed by atoms with van der Waals surface area (Å²) in [6, 6.07) is 22.0. The van der Waals surface area contributed by atoms with Crippen LogP contribution >= 0.6 is 34.4 Å². The number of amidine groups is 1. The number of likely N-dealkylation sites (N-methyl/N-ethyl adjacent to an activating group) is 1. The van der Waals surface area contributed by atoms with Crippen LogP contribution in [-0.2, 0) is 11.4 Å². The first-order valence-electron chi connectivity index (χ1n) is 9.96. The zero-order valence-electron chi connectivity index (χ0n) is 17.6. The number of rotatable bonds is 6. The Labute approximate surface area is 209 Å². The summed E-state index contributed by atoms with van der Waals surface area (Å²) in [6.07, 6.45) is 1.82. The number of halogens is 1. The summed E-state index contributed by atoms with van der Waals surface area (Å²) < 4.78 is 7.03. The van der Waals surface area contributed by atoms with Gasteiger partial charge in [0.1, 0.15) is 12.4 Å². The van der Waals surface area contributed by atoms with E-state index in [1.54, 1.807) is 19.2 Å². The van der Waals surface area contributed by atoms with Gasteiger partial charge < -0.3 is 9.84 Å². The third kappa shape index (κ3) is 5.82. The van der Waals surface area contributed by atoms with E-state index < -0.39 is 5.97 Å². The molecule has 6 nitrogen and oxygen atoms in total. The zero-order valence-corrected chi connectivity index (χ0v) is 20.5. The van der Waals surface area contributed by atoms with Gasteiger partial charge >= 0.3 is 5.97 Å². The first-order chi connectivity index (χ1) is 15.9. The van der Waals surface area contributed by atoms with Gasteiger partial charge in [0.15, 0.2) is 5.17 Å². The van der Waals surface area contributed by atoms with Crippen molar-refractivity contribution >= 4 is 63.2 Å². The highest BCUT2D eigenvalue weighted by Crippen LogP contribution is 2.33. The number of nitrogens with zero attached hydrogens (tertiary/aromatic N) is 2. The second kappa shape index (κ2) is 10.2. The monoisotopic (exact) mass is 570 g/mol. The van der Waals surface area contributed by atoms with Crippen LogP contribution in [0.15, 0.2) is 82.7 Å². The Morgan fingerprint density at radius 2 is 1.73 bits per heavy atom. The van der Waals surface area contributed by atoms with Crippen molar-refractivity contribution in [3.05, 3.63) is 98.0 Å². The van der Waals surface area contributed by atoms with Crippen molar-refractivity contribution in [2.24, 2.45) is 4.99 Å². The lowest BCUT2D eigenvalue weighted by Crippen LogP contribution is -2.23. The molecule has 1 saturated heterocycles. The molecule has 1 fully saturated rings. The Hall–Kier alpha value is -3.11. The molecule has 1 aliphatic heterocycles. The van der Waals surface area contributed by atoms with Crippen molar-refractivity contribution in [1.29, 1.82) is 0 Å². The van der Waals surface area contributed by atoms with Crippen LogP contribution in [0, 0.1) is 3.57 Å². The summed E-state index contributed by atoms with van der Waals surface area (Å²) in [5.74, 6) is -0.376. The van der Waals surface area contributed by atoms with E-state index in [1.165, 1.54) is 32.4 Å². The lowest BCUT2D eigenvalue weighted by molar-refractivity contribution is -0.121. The summed E-state index contributed by atoms with van der Waals surface area (Å²) in [7, 11) is 1.67. The molecule has 0 atom stereocenters. The van der Waals surface area contributed by atoms with E-state index in [0.29, 0.717) is 22.4 Å². The molecule has 8 heteroatoms. The number of amides is 1. The van der Waals surface area contributed by atoms with E-state index in [-0.39, 0.29) is 11.5 Å². The largest absolute Gasteiger partial charge is 0.489 e. The first-order valence-corrected chi connectivity index (χ1v) is 11.9. The highest BCUT2D eigenvalue weighted by Gasteiger charge is 2.30. The average molecular weight is 570 g/mol. The first kappa shape index (κ1) is 23.1. The molecule has 0 radical (unpaired) electrons. The molecule has 1 amide bonds. The van der Waals surface area contributed by atoms with Gasteiger partial charge in [0.25, 0.3) is 5.91 Å². The molecule has 0 spiro atoms. The minimum atomic E-state index is -0.992. The van der Waals surface area contributed by atoms with Crippen LogP contribution in [0.25, 0.3) is 6.08 Å². The summed E-state index contributed by atoms with van der Waals surface area (Å²) in [4.78, 5) is 30.2. The molecule has 166 valence electrons. The fraction of sp³-hybridized carbons (Fsp3) is 0.0800. The van der Waals surface area contributed by atoms with Crippen molar-refractivity contribution in [3.63, 3.8) is 0 Å². The number of benzene rings is 3. The van der Waals surface area contributed by atoms with E-state index in [0.717, 1.165) is 16.9 Å². The number of carboxylic acids is 1. The summed E-state index contributed by atoms with van der Waals surface area (Å²) in [6.45, 7) is 0.490. The van der Waals surface area contributed by atoms with Crippen molar-refractivity contribution in [2.45, 2.75) is 6.61 Å². The predicted octanol–water partition coefficient (Wildman–Crippen LogP) is 5.80. The number of carbonyl (C=O) groups excluding carboxylic acids is 1. The fourth-order valence-electron chi connectivity index (χ4n) is 3.00. The molecular weight excluding hydrogens is 551 g/mol. The standard InChI is InChI=1S/C25H19IN2O4S/c1-28-23(29)22(33-25(28)27-20-10-6-18(7-11-20)24(30)31)14-16-4-12-21(13-5-16)32-15-17-2-8-19(26)9-3-17/h2-14H,15H2,1H3,(H,30,31). The Balaban J connectivity index is 1.43. The lowest BCUT2D eigenvalue weighted by Gasteiger charge is -2.07. The molecular formula is C25H19IN2O4S. The molecule has 1 aliphatic rings. The van der Waals surface area contributed by atoms with Crippen LogP contribution in [0.1, 0.15) is 21.5 Å². The Morgan fingerprint density at radius 3 is 2.36 bits per heavy atom. The molecule has 1 heterocycles. The summed E-state index contributed by atoms with van der Waals surface area (Å²) in [5, 5.41) is 9.55. The van der Waals surface area contributed by atoms with Gasteiger partial charge in [-0.2, -0.15) is 0 Å². The molecule has 4 rings (SSSR count). The smallest absolute Gasteiger partial charge is 0.335 e. The molecule has 33 heavy (non-hydrogen) atoms. The highest BCUT2D eigenvalue weighted by atomic mass is 127. The molecule has 1 N–H and O–H groups in total. The number of carbonyl (C=O) groups is 2. The number of aromatic carboxylic acids is 1. The van der Waals surface area contributed by atoms with E-state index in [9.17, 15) is 9.59 Å². The van der Waals surface area contributed by atoms with Crippen LogP contribution < -0.4 is 4.74 Å². The van der Waals surface area contributed by atoms with Crippen LogP contribution in [0.4, 0.5) is 5.69 Å². The maximum absolute atomic E-state index is 12.7. The average Bonchev–Trinajstić information content (AvgIpc) is 3.07. The second-order valence-corrected chi connectivity index (χ2v) is 9.46. The predicted molar refractivity (Wildman–Crippen MR) is 139 cm³/mol. The number of aliphatic imine (C=N–C) groups is 1. The van der Waals surface area contributed by atoms with Gasteiger partial charge in [0.05, 0.1) is 16.2 Å². The molecule has 0 bridgehead atoms. The minimum absolute atomic E-state index is 0.139. The third-order valence-electron chi connectivity index (χ3n) is 4.84. The van der Waals surface area contributed by atoms with Crippen molar-refractivity contribution in [2.75, 3.05) is 7.05 Å². The quantitative estimate of drug-likeness (QED) is 0.299. The fourth-order valence-corrected chi connectivity index (χ4v) is 4.35. The molecule has 0 unspecified atom stereocenters. The number of thioether (sulfide) groups is 1. The number of ether oxygens (including phenoxy) is 1. The molecule has 3 aromatic carbocycles. The number of hydrogen-bond donors (Lipinski definition) is 1. The molecule has 3 aromatic rings. The topological polar surface area (TPSA) is 79.2 Å². The van der Waals surface area contributed by atoms with Gasteiger partial charge in [-0.15, -0.1) is 0 Å². The van der Waals surface area contributed by atoms with Gasteiger partial charge in [-0.05, 0) is 100 Å². The summed E-state index contributed by atoms with van der Waals surface area (Å²) in [5.41, 5.74) is 2.75. The second-order valence-electron chi connectivity index (χ2n) is 7.21. The van der Waals surface area contributed by atoms with Crippen LogP contribution in [0.5, 0.6) is 5.75 Å². The normalized spacial score (nSPS) is 15.9. The Bertz CT molecular complexity index is 1240. The van der Waals surface area contributed by atoms with E-state index in [1.807, 2.05) is 54.6 Å². The molecule has 0 aliphatic carbocycles. The van der Waals surface area contributed by atoms with Gasteiger partial charge in [0, 0.05) is 10.6 Å². The van der Waals surface area contributed by atoms with Gasteiger partial charge in [-0.25, -0.2) is 9.79 Å². The van der Waals surface area contributed by atoms with Crippen molar-refractivity contribution in [3.8, 4) is 5.75 Å². The SMILES string of the molecule is CN1C(=O)C(=Cc2ccc(OCc3ccc(I)cc3)cc2)SC1=Nc1ccc(C(=O)O)cc1. The Morgan fingerprint density at radius 1 is 1.06 bits per heavy atom. The van der Waals surface area contributed by atoms with Gasteiger partial charge in [0.2, 0.25) is 0 Å². The lowest BCUT2D eigenvalue weighted by atomic mass is 10.2. The van der Waals surface area contributed by atoms with Crippen molar-refractivity contribution in [1.82, 2.24) is 4.90 Å². The maximum Gasteiger partial charge on any atom is 0.335 e. The third-order valence-corrected chi connectivity index (χ3v) is 6.62.